The number of likely N-dealkylation sites (tertiary alicyclic amines) is 1. The second-order valence-corrected chi connectivity index (χ2v) is 9.44. The minimum Gasteiger partial charge on any atom is -0.364 e. The zero-order valence-corrected chi connectivity index (χ0v) is 19.7. The Balaban J connectivity index is 1.61. The van der Waals surface area contributed by atoms with Gasteiger partial charge < -0.3 is 9.88 Å². The number of halogens is 4. The van der Waals surface area contributed by atoms with Gasteiger partial charge in [0.25, 0.3) is 5.91 Å². The van der Waals surface area contributed by atoms with Gasteiger partial charge in [-0.15, -0.1) is 0 Å². The van der Waals surface area contributed by atoms with Crippen LogP contribution in [-0.4, -0.2) is 46.4 Å². The molecule has 8 heteroatoms. The molecule has 3 aromatic rings. The van der Waals surface area contributed by atoms with Gasteiger partial charge in [0.05, 0.1) is 5.56 Å². The number of carbonyl (C=O) groups is 1. The maximum absolute atomic E-state index is 13.4. The average molecular weight is 488 g/mol. The van der Waals surface area contributed by atoms with Gasteiger partial charge in [-0.25, -0.2) is 4.39 Å². The van der Waals surface area contributed by atoms with Gasteiger partial charge in [0.15, 0.2) is 0 Å². The molecule has 0 bridgehead atoms. The van der Waals surface area contributed by atoms with Crippen LogP contribution in [0.5, 0.6) is 0 Å². The van der Waals surface area contributed by atoms with Gasteiger partial charge in [-0.2, -0.15) is 13.2 Å². The molecule has 35 heavy (non-hydrogen) atoms. The van der Waals surface area contributed by atoms with Gasteiger partial charge in [-0.05, 0) is 67.8 Å². The van der Waals surface area contributed by atoms with Crippen molar-refractivity contribution in [1.29, 1.82) is 0 Å². The van der Waals surface area contributed by atoms with Crippen molar-refractivity contribution in [2.75, 3.05) is 19.6 Å². The molecule has 2 aromatic carbocycles. The monoisotopic (exact) mass is 487 g/mol. The van der Waals surface area contributed by atoms with Crippen LogP contribution in [0.25, 0.3) is 0 Å². The fraction of sp³-hybridized carbons (Fsp3) is 0.370. The van der Waals surface area contributed by atoms with Gasteiger partial charge in [-0.3, -0.25) is 9.69 Å². The summed E-state index contributed by atoms with van der Waals surface area (Å²) in [6.45, 7) is 6.07. The number of carbonyl (C=O) groups excluding carboxylic acids is 1. The summed E-state index contributed by atoms with van der Waals surface area (Å²) in [6.07, 6.45) is -2.58. The van der Waals surface area contributed by atoms with Crippen molar-refractivity contribution in [1.82, 2.24) is 14.8 Å². The number of amides is 1. The molecule has 186 valence electrons. The van der Waals surface area contributed by atoms with Gasteiger partial charge in [0, 0.05) is 55.6 Å². The maximum Gasteiger partial charge on any atom is 0.416 e. The first-order valence-electron chi connectivity index (χ1n) is 11.7. The highest BCUT2D eigenvalue weighted by Gasteiger charge is 2.38. The number of rotatable bonds is 7. The Morgan fingerprint density at radius 2 is 1.83 bits per heavy atom. The molecule has 1 fully saturated rings. The molecule has 1 aliphatic rings. The van der Waals surface area contributed by atoms with E-state index in [9.17, 15) is 22.4 Å². The Morgan fingerprint density at radius 1 is 1.09 bits per heavy atom. The van der Waals surface area contributed by atoms with E-state index in [0.717, 1.165) is 11.8 Å². The third-order valence-corrected chi connectivity index (χ3v) is 6.62. The second kappa shape index (κ2) is 10.2. The summed E-state index contributed by atoms with van der Waals surface area (Å²) in [5, 5.41) is 0. The summed E-state index contributed by atoms with van der Waals surface area (Å²) in [4.78, 5) is 20.4. The Hall–Kier alpha value is -3.13. The molecule has 2 atom stereocenters. The van der Waals surface area contributed by atoms with E-state index in [1.165, 1.54) is 36.4 Å². The number of hydrogen-bond donors (Lipinski definition) is 1. The van der Waals surface area contributed by atoms with Crippen LogP contribution in [0.4, 0.5) is 17.6 Å². The third kappa shape index (κ3) is 5.93. The number of nitrogens with zero attached hydrogens (tertiary/aromatic N) is 2. The van der Waals surface area contributed by atoms with Crippen LogP contribution in [0.1, 0.15) is 46.9 Å². The maximum atomic E-state index is 13.4. The summed E-state index contributed by atoms with van der Waals surface area (Å²) < 4.78 is 53.7. The molecule has 0 aliphatic carbocycles. The highest BCUT2D eigenvalue weighted by atomic mass is 19.4. The normalized spacial score (nSPS) is 18.8. The summed E-state index contributed by atoms with van der Waals surface area (Å²) in [7, 11) is 0. The fourth-order valence-corrected chi connectivity index (χ4v) is 4.84. The van der Waals surface area contributed by atoms with Crippen LogP contribution in [-0.2, 0) is 12.7 Å². The summed E-state index contributed by atoms with van der Waals surface area (Å²) >= 11 is 0. The molecular formula is C27H29F4N3O. The largest absolute Gasteiger partial charge is 0.416 e. The molecule has 1 amide bonds. The zero-order valence-electron chi connectivity index (χ0n) is 19.7. The molecule has 1 aliphatic heterocycles. The van der Waals surface area contributed by atoms with E-state index in [1.54, 1.807) is 11.0 Å². The lowest BCUT2D eigenvalue weighted by molar-refractivity contribution is -0.137. The van der Waals surface area contributed by atoms with Crippen molar-refractivity contribution in [2.24, 2.45) is 5.92 Å². The molecule has 4 rings (SSSR count). The molecular weight excluding hydrogens is 458 g/mol. The van der Waals surface area contributed by atoms with Gasteiger partial charge in [0.2, 0.25) is 0 Å². The van der Waals surface area contributed by atoms with Crippen LogP contribution in [0.2, 0.25) is 0 Å². The molecule has 1 N–H and O–H groups in total. The number of aromatic nitrogens is 1. The number of H-pyrrole nitrogens is 1. The van der Waals surface area contributed by atoms with Crippen LogP contribution < -0.4 is 0 Å². The lowest BCUT2D eigenvalue weighted by atomic mass is 9.87. The molecule has 0 unspecified atom stereocenters. The predicted octanol–water partition coefficient (Wildman–Crippen LogP) is 5.94. The van der Waals surface area contributed by atoms with Crippen LogP contribution in [0, 0.1) is 11.7 Å². The summed E-state index contributed by atoms with van der Waals surface area (Å²) in [6, 6.07) is 14.7. The number of hydrogen-bond acceptors (Lipinski definition) is 2. The molecule has 4 nitrogen and oxygen atoms in total. The molecule has 0 spiro atoms. The Morgan fingerprint density at radius 3 is 2.46 bits per heavy atom. The van der Waals surface area contributed by atoms with Gasteiger partial charge >= 0.3 is 6.18 Å². The minimum atomic E-state index is -4.42. The van der Waals surface area contributed by atoms with E-state index < -0.39 is 17.6 Å². The molecule has 2 heterocycles. The van der Waals surface area contributed by atoms with E-state index >= 15 is 0 Å². The van der Waals surface area contributed by atoms with Crippen LogP contribution in [0.3, 0.4) is 0 Å². The molecule has 1 saturated heterocycles. The molecule has 0 saturated carbocycles. The topological polar surface area (TPSA) is 39.3 Å². The Kier molecular flexibility index (Phi) is 7.31. The van der Waals surface area contributed by atoms with Crippen LogP contribution >= 0.6 is 0 Å². The van der Waals surface area contributed by atoms with E-state index in [-0.39, 0.29) is 23.8 Å². The predicted molar refractivity (Wildman–Crippen MR) is 126 cm³/mol. The van der Waals surface area contributed by atoms with Crippen molar-refractivity contribution >= 4 is 5.91 Å². The highest BCUT2D eigenvalue weighted by molar-refractivity contribution is 5.94. The number of nitrogens with one attached hydrogen (secondary N) is 1. The molecule has 0 radical (unpaired) electrons. The standard InChI is InChI=1S/C27H29F4N3O/c1-18(2)34(26(35)19-8-10-23(28)11-9-19)15-21-14-33(16-24-7-4-12-32-24)17-25(21)20-5-3-6-22(13-20)27(29,30)31/h3-13,18,21,25,32H,14-17H2,1-2H3/t21-,25+/m1/s1. The SMILES string of the molecule is CC(C)N(C[C@H]1CN(Cc2ccc[nH]2)C[C@H]1c1cccc(C(F)(F)F)c1)C(=O)c1ccc(F)cc1. The first kappa shape index (κ1) is 25.0. The molecule has 1 aromatic heterocycles. The first-order valence-corrected chi connectivity index (χ1v) is 11.7. The number of alkyl halides is 3. The van der Waals surface area contributed by atoms with E-state index in [0.29, 0.717) is 37.3 Å². The quantitative estimate of drug-likeness (QED) is 0.419. The zero-order chi connectivity index (χ0) is 25.2. The Labute approximate surface area is 202 Å². The summed E-state index contributed by atoms with van der Waals surface area (Å²) in [5.41, 5.74) is 1.37. The number of aromatic amines is 1. The van der Waals surface area contributed by atoms with Crippen molar-refractivity contribution in [2.45, 2.75) is 38.5 Å². The van der Waals surface area contributed by atoms with E-state index in [1.807, 2.05) is 32.2 Å². The minimum absolute atomic E-state index is 0.0692. The van der Waals surface area contributed by atoms with Crippen molar-refractivity contribution in [3.05, 3.63) is 95.1 Å². The van der Waals surface area contributed by atoms with Crippen molar-refractivity contribution in [3.8, 4) is 0 Å². The van der Waals surface area contributed by atoms with Crippen molar-refractivity contribution in [3.63, 3.8) is 0 Å². The van der Waals surface area contributed by atoms with Crippen LogP contribution in [0.15, 0.2) is 66.9 Å². The average Bonchev–Trinajstić information content (AvgIpc) is 3.47. The summed E-state index contributed by atoms with van der Waals surface area (Å²) in [5.74, 6) is -0.876. The van der Waals surface area contributed by atoms with E-state index in [4.69, 9.17) is 0 Å². The third-order valence-electron chi connectivity index (χ3n) is 6.62. The van der Waals surface area contributed by atoms with E-state index in [2.05, 4.69) is 9.88 Å². The smallest absolute Gasteiger partial charge is 0.364 e. The van der Waals surface area contributed by atoms with Crippen molar-refractivity contribution < 1.29 is 22.4 Å². The lowest BCUT2D eigenvalue weighted by Crippen LogP contribution is -2.42. The van der Waals surface area contributed by atoms with Gasteiger partial charge in [0.1, 0.15) is 5.82 Å². The first-order chi connectivity index (χ1) is 16.6. The fourth-order valence-electron chi connectivity index (χ4n) is 4.84. The van der Waals surface area contributed by atoms with Gasteiger partial charge in [-0.1, -0.05) is 18.2 Å². The second-order valence-electron chi connectivity index (χ2n) is 9.44. The Bertz CT molecular complexity index is 1130. The highest BCUT2D eigenvalue weighted by Crippen LogP contribution is 2.37. The number of benzene rings is 2. The lowest BCUT2D eigenvalue weighted by Gasteiger charge is -2.32.